The van der Waals surface area contributed by atoms with Gasteiger partial charge in [-0.2, -0.15) is 0 Å². The van der Waals surface area contributed by atoms with E-state index in [2.05, 4.69) is 10.2 Å². The average molecular weight is 399 g/mol. The maximum Gasteiger partial charge on any atom is 0.329 e. The fourth-order valence-corrected chi connectivity index (χ4v) is 5.07. The molecular weight excluding hydrogens is 368 g/mol. The Morgan fingerprint density at radius 2 is 1.86 bits per heavy atom. The molecule has 1 aromatic rings. The number of nitrogens with one attached hydrogen (secondary N) is 1. The molecule has 0 bridgehead atoms. The van der Waals surface area contributed by atoms with Gasteiger partial charge < -0.3 is 15.1 Å². The summed E-state index contributed by atoms with van der Waals surface area (Å²) in [4.78, 5) is 43.3. The Bertz CT molecular complexity index is 767. The predicted molar refractivity (Wildman–Crippen MR) is 110 cm³/mol. The van der Waals surface area contributed by atoms with Gasteiger partial charge in [-0.15, -0.1) is 0 Å². The number of amides is 4. The Balaban J connectivity index is 1.35. The van der Waals surface area contributed by atoms with Crippen molar-refractivity contribution < 1.29 is 14.4 Å². The molecule has 7 nitrogen and oxygen atoms in total. The smallest absolute Gasteiger partial charge is 0.329 e. The summed E-state index contributed by atoms with van der Waals surface area (Å²) in [5.41, 5.74) is 0.526. The van der Waals surface area contributed by atoms with Crippen LogP contribution in [0.3, 0.4) is 0 Å². The van der Waals surface area contributed by atoms with Crippen LogP contribution in [0.1, 0.15) is 38.5 Å². The summed E-state index contributed by atoms with van der Waals surface area (Å²) in [5, 5.41) is 2.67. The maximum absolute atomic E-state index is 12.8. The summed E-state index contributed by atoms with van der Waals surface area (Å²) in [5.74, 6) is 0.0401. The molecule has 3 aliphatic rings. The van der Waals surface area contributed by atoms with E-state index in [-0.39, 0.29) is 18.2 Å². The van der Waals surface area contributed by atoms with Crippen molar-refractivity contribution in [2.45, 2.75) is 50.6 Å². The monoisotopic (exact) mass is 398 g/mol. The number of piperidine rings is 2. The fourth-order valence-electron chi connectivity index (χ4n) is 5.07. The van der Waals surface area contributed by atoms with Gasteiger partial charge >= 0.3 is 6.03 Å². The van der Waals surface area contributed by atoms with E-state index in [9.17, 15) is 14.4 Å². The molecule has 29 heavy (non-hydrogen) atoms. The number of anilines is 1. The highest BCUT2D eigenvalue weighted by molar-refractivity contribution is 6.22. The summed E-state index contributed by atoms with van der Waals surface area (Å²) in [6.45, 7) is 3.07. The third-order valence-corrected chi connectivity index (χ3v) is 6.58. The number of hydrogen-bond donors (Lipinski definition) is 1. The van der Waals surface area contributed by atoms with E-state index in [0.717, 1.165) is 17.9 Å². The highest BCUT2D eigenvalue weighted by Gasteiger charge is 2.41. The summed E-state index contributed by atoms with van der Waals surface area (Å²) >= 11 is 0. The van der Waals surface area contributed by atoms with E-state index in [4.69, 9.17) is 0 Å². The number of carbonyl (C=O) groups excluding carboxylic acids is 3. The fraction of sp³-hybridized carbons (Fsp3) is 0.591. The van der Waals surface area contributed by atoms with Gasteiger partial charge in [0.05, 0.1) is 12.1 Å². The van der Waals surface area contributed by atoms with E-state index < -0.39 is 12.1 Å². The van der Waals surface area contributed by atoms with Crippen LogP contribution in [0.15, 0.2) is 30.3 Å². The second-order valence-corrected chi connectivity index (χ2v) is 8.49. The molecule has 3 saturated heterocycles. The molecule has 0 aliphatic carbocycles. The number of imide groups is 1. The molecule has 0 unspecified atom stereocenters. The Kier molecular flexibility index (Phi) is 5.85. The van der Waals surface area contributed by atoms with Gasteiger partial charge in [-0.25, -0.2) is 9.69 Å². The zero-order valence-corrected chi connectivity index (χ0v) is 17.0. The van der Waals surface area contributed by atoms with Crippen LogP contribution in [0, 0.1) is 5.92 Å². The lowest BCUT2D eigenvalue weighted by molar-refractivity contribution is -0.133. The van der Waals surface area contributed by atoms with Gasteiger partial charge in [-0.05, 0) is 56.8 Å². The van der Waals surface area contributed by atoms with Crippen LogP contribution in [0.2, 0.25) is 0 Å². The SMILES string of the molecule is CN(C[C@@H]1CCCN2CCCC[C@@H]12)C(=O)C[C@@H]1NC(=O)N(c2ccccc2)C1=O. The minimum atomic E-state index is -0.796. The quantitative estimate of drug-likeness (QED) is 0.772. The van der Waals surface area contributed by atoms with Crippen LogP contribution in [0.4, 0.5) is 10.5 Å². The van der Waals surface area contributed by atoms with Crippen LogP contribution in [-0.2, 0) is 9.59 Å². The highest BCUT2D eigenvalue weighted by Crippen LogP contribution is 2.31. The Hall–Kier alpha value is -2.41. The van der Waals surface area contributed by atoms with Gasteiger partial charge in [0.1, 0.15) is 6.04 Å². The third-order valence-electron chi connectivity index (χ3n) is 6.58. The lowest BCUT2D eigenvalue weighted by Gasteiger charge is -2.45. The normalized spacial score (nSPS) is 27.5. The number of benzene rings is 1. The lowest BCUT2D eigenvalue weighted by Crippen LogP contribution is -2.51. The van der Waals surface area contributed by atoms with E-state index in [1.54, 1.807) is 29.2 Å². The summed E-state index contributed by atoms with van der Waals surface area (Å²) in [6, 6.07) is 8.13. The second kappa shape index (κ2) is 8.53. The third kappa shape index (κ3) is 4.15. The topological polar surface area (TPSA) is 73.0 Å². The first-order valence-electron chi connectivity index (χ1n) is 10.7. The van der Waals surface area contributed by atoms with Crippen molar-refractivity contribution in [3.05, 3.63) is 30.3 Å². The molecule has 1 N–H and O–H groups in total. The first-order valence-corrected chi connectivity index (χ1v) is 10.7. The minimum Gasteiger partial charge on any atom is -0.345 e. The van der Waals surface area contributed by atoms with Gasteiger partial charge in [-0.3, -0.25) is 9.59 Å². The molecule has 1 aromatic carbocycles. The van der Waals surface area contributed by atoms with Crippen LogP contribution >= 0.6 is 0 Å². The molecule has 3 aliphatic heterocycles. The van der Waals surface area contributed by atoms with Crippen molar-refractivity contribution in [3.63, 3.8) is 0 Å². The summed E-state index contributed by atoms with van der Waals surface area (Å²) in [6.07, 6.45) is 6.11. The van der Waals surface area contributed by atoms with Gasteiger partial charge in [0.2, 0.25) is 5.91 Å². The Morgan fingerprint density at radius 3 is 2.66 bits per heavy atom. The zero-order chi connectivity index (χ0) is 20.4. The zero-order valence-electron chi connectivity index (χ0n) is 17.0. The molecule has 3 fully saturated rings. The van der Waals surface area contributed by atoms with Crippen LogP contribution in [0.25, 0.3) is 0 Å². The molecular formula is C22H30N4O3. The largest absolute Gasteiger partial charge is 0.345 e. The standard InChI is InChI=1S/C22H30N4O3/c1-24(15-16-8-7-13-25-12-6-5-11-19(16)25)20(27)14-18-21(28)26(22(29)23-18)17-9-3-2-4-10-17/h2-4,9-10,16,18-19H,5-8,11-15H2,1H3,(H,23,29)/t16-,18-,19-/m0/s1. The average Bonchev–Trinajstić information content (AvgIpc) is 3.01. The van der Waals surface area contributed by atoms with Gasteiger partial charge in [-0.1, -0.05) is 24.6 Å². The molecule has 4 rings (SSSR count). The van der Waals surface area contributed by atoms with Crippen LogP contribution < -0.4 is 10.2 Å². The highest BCUT2D eigenvalue weighted by atomic mass is 16.2. The molecule has 0 radical (unpaired) electrons. The number of rotatable bonds is 5. The summed E-state index contributed by atoms with van der Waals surface area (Å²) in [7, 11) is 1.82. The van der Waals surface area contributed by atoms with Crippen molar-refractivity contribution in [1.29, 1.82) is 0 Å². The first kappa shape index (κ1) is 19.9. The predicted octanol–water partition coefficient (Wildman–Crippen LogP) is 2.22. The molecule has 4 amide bonds. The Morgan fingerprint density at radius 1 is 1.10 bits per heavy atom. The number of para-hydroxylation sites is 1. The number of carbonyl (C=O) groups is 3. The van der Waals surface area contributed by atoms with E-state index in [1.165, 1.54) is 38.8 Å². The molecule has 7 heteroatoms. The van der Waals surface area contributed by atoms with Crippen molar-refractivity contribution in [3.8, 4) is 0 Å². The first-order chi connectivity index (χ1) is 14.0. The second-order valence-electron chi connectivity index (χ2n) is 8.49. The van der Waals surface area contributed by atoms with E-state index >= 15 is 0 Å². The van der Waals surface area contributed by atoms with Gasteiger partial charge in [0.15, 0.2) is 0 Å². The van der Waals surface area contributed by atoms with Crippen molar-refractivity contribution in [1.82, 2.24) is 15.1 Å². The molecule has 0 spiro atoms. The van der Waals surface area contributed by atoms with Crippen molar-refractivity contribution >= 4 is 23.5 Å². The summed E-state index contributed by atoms with van der Waals surface area (Å²) < 4.78 is 0. The van der Waals surface area contributed by atoms with Crippen molar-refractivity contribution in [2.24, 2.45) is 5.92 Å². The van der Waals surface area contributed by atoms with Gasteiger partial charge in [0.25, 0.3) is 5.91 Å². The number of hydrogen-bond acceptors (Lipinski definition) is 4. The molecule has 0 saturated carbocycles. The molecule has 156 valence electrons. The lowest BCUT2D eigenvalue weighted by atomic mass is 9.83. The number of fused-ring (bicyclic) bond motifs is 1. The molecule has 3 heterocycles. The van der Waals surface area contributed by atoms with E-state index in [1.807, 2.05) is 13.1 Å². The number of nitrogens with zero attached hydrogens (tertiary/aromatic N) is 3. The molecule has 0 aromatic heterocycles. The Labute approximate surface area is 172 Å². The van der Waals surface area contributed by atoms with Crippen LogP contribution in [0.5, 0.6) is 0 Å². The van der Waals surface area contributed by atoms with Crippen molar-refractivity contribution in [2.75, 3.05) is 31.6 Å². The van der Waals surface area contributed by atoms with Gasteiger partial charge in [0, 0.05) is 19.6 Å². The maximum atomic E-state index is 12.8. The van der Waals surface area contributed by atoms with E-state index in [0.29, 0.717) is 17.6 Å². The minimum absolute atomic E-state index is 0.00546. The number of urea groups is 1. The van der Waals surface area contributed by atoms with Crippen LogP contribution in [-0.4, -0.2) is 66.4 Å². The molecule has 3 atom stereocenters.